The number of nitrogens with zero attached hydrogens (tertiary/aromatic N) is 2. The van der Waals surface area contributed by atoms with E-state index < -0.39 is 0 Å². The lowest BCUT2D eigenvalue weighted by molar-refractivity contribution is 0.373. The van der Waals surface area contributed by atoms with Gasteiger partial charge in [-0.2, -0.15) is 0 Å². The Hall–Kier alpha value is 0.160. The number of hydrogen-bond acceptors (Lipinski definition) is 1. The summed E-state index contributed by atoms with van der Waals surface area (Å²) in [6.07, 6.45) is 0. The van der Waals surface area contributed by atoms with E-state index in [2.05, 4.69) is 88.6 Å². The number of rotatable bonds is 2. The molecule has 2 nitrogen and oxygen atoms in total. The molecule has 0 spiro atoms. The molecule has 1 aromatic heterocycles. The molecule has 0 bridgehead atoms. The smallest absolute Gasteiger partial charge is 0.161 e. The topological polar surface area (TPSA) is 8.17 Å². The van der Waals surface area contributed by atoms with Crippen molar-refractivity contribution < 1.29 is 0 Å². The Balaban J connectivity index is 2.82. The summed E-state index contributed by atoms with van der Waals surface area (Å²) in [5.74, 6) is 0. The quantitative estimate of drug-likeness (QED) is 0.512. The van der Waals surface area contributed by atoms with Gasteiger partial charge in [0.2, 0.25) is 0 Å². The van der Waals surface area contributed by atoms with Crippen LogP contribution in [0.15, 0.2) is 28.9 Å². The molecule has 2 rings (SSSR count). The highest BCUT2D eigenvalue weighted by molar-refractivity contribution is 9.24. The first-order valence-corrected chi connectivity index (χ1v) is 7.54. The number of para-hydroxylation sites is 1. The normalized spacial score (nSPS) is 12.6. The van der Waals surface area contributed by atoms with Gasteiger partial charge in [0.15, 0.2) is 3.36 Å². The molecule has 0 N–H and O–H groups in total. The highest BCUT2D eigenvalue weighted by Gasteiger charge is 2.34. The standard InChI is InChI=1S/C12H13Br3N2/c1-16(2)12(14,15)10-8-6-4-5-7-9(8)17(3)11(10)13/h4-7H,1-3H3. The van der Waals surface area contributed by atoms with Gasteiger partial charge in [0, 0.05) is 23.5 Å². The van der Waals surface area contributed by atoms with Crippen molar-refractivity contribution >= 4 is 58.7 Å². The van der Waals surface area contributed by atoms with E-state index in [-0.39, 0.29) is 3.36 Å². The van der Waals surface area contributed by atoms with Gasteiger partial charge in [0.1, 0.15) is 0 Å². The molecule has 0 aliphatic rings. The minimum atomic E-state index is -0.375. The van der Waals surface area contributed by atoms with Crippen LogP contribution in [0.5, 0.6) is 0 Å². The maximum atomic E-state index is 3.74. The number of aryl methyl sites for hydroxylation is 1. The second-order valence-electron chi connectivity index (χ2n) is 4.18. The Kier molecular flexibility index (Phi) is 3.74. The highest BCUT2D eigenvalue weighted by atomic mass is 79.9. The van der Waals surface area contributed by atoms with Crippen molar-refractivity contribution in [2.45, 2.75) is 3.36 Å². The monoisotopic (exact) mass is 422 g/mol. The van der Waals surface area contributed by atoms with Crippen LogP contribution in [0.2, 0.25) is 0 Å². The maximum Gasteiger partial charge on any atom is 0.161 e. The lowest BCUT2D eigenvalue weighted by Gasteiger charge is -2.28. The van der Waals surface area contributed by atoms with Gasteiger partial charge in [-0.1, -0.05) is 18.2 Å². The third-order valence-electron chi connectivity index (χ3n) is 2.90. The van der Waals surface area contributed by atoms with E-state index in [1.807, 2.05) is 14.1 Å². The fraction of sp³-hybridized carbons (Fsp3) is 0.333. The van der Waals surface area contributed by atoms with Crippen LogP contribution in [0, 0.1) is 0 Å². The molecule has 0 radical (unpaired) electrons. The molecule has 5 heteroatoms. The lowest BCUT2D eigenvalue weighted by atomic mass is 10.1. The van der Waals surface area contributed by atoms with Gasteiger partial charge in [-0.15, -0.1) is 0 Å². The molecule has 92 valence electrons. The zero-order chi connectivity index (χ0) is 12.8. The van der Waals surface area contributed by atoms with Gasteiger partial charge < -0.3 is 4.57 Å². The van der Waals surface area contributed by atoms with E-state index >= 15 is 0 Å². The molecule has 17 heavy (non-hydrogen) atoms. The van der Waals surface area contributed by atoms with Crippen molar-refractivity contribution in [3.8, 4) is 0 Å². The van der Waals surface area contributed by atoms with E-state index in [9.17, 15) is 0 Å². The van der Waals surface area contributed by atoms with Crippen LogP contribution >= 0.6 is 47.8 Å². The Morgan fingerprint density at radius 2 is 1.76 bits per heavy atom. The molecule has 0 unspecified atom stereocenters. The first kappa shape index (κ1) is 13.6. The van der Waals surface area contributed by atoms with Crippen LogP contribution in [0.25, 0.3) is 10.9 Å². The van der Waals surface area contributed by atoms with Crippen molar-refractivity contribution in [1.29, 1.82) is 0 Å². The van der Waals surface area contributed by atoms with E-state index in [0.717, 1.165) is 4.60 Å². The summed E-state index contributed by atoms with van der Waals surface area (Å²) in [6.45, 7) is 0. The number of alkyl halides is 2. The molecule has 1 heterocycles. The maximum absolute atomic E-state index is 3.74. The molecule has 0 atom stereocenters. The van der Waals surface area contributed by atoms with Gasteiger partial charge in [-0.3, -0.25) is 4.90 Å². The molecule has 0 amide bonds. The zero-order valence-corrected chi connectivity index (χ0v) is 14.6. The minimum absolute atomic E-state index is 0.375. The van der Waals surface area contributed by atoms with Gasteiger partial charge in [0.05, 0.1) is 4.60 Å². The zero-order valence-electron chi connectivity index (χ0n) is 9.84. The van der Waals surface area contributed by atoms with Crippen LogP contribution in [-0.2, 0) is 10.4 Å². The second-order valence-corrected chi connectivity index (χ2v) is 8.29. The predicted molar refractivity (Wildman–Crippen MR) is 83.8 cm³/mol. The van der Waals surface area contributed by atoms with Gasteiger partial charge in [0.25, 0.3) is 0 Å². The van der Waals surface area contributed by atoms with Crippen molar-refractivity contribution in [3.05, 3.63) is 34.4 Å². The number of fused-ring (bicyclic) bond motifs is 1. The van der Waals surface area contributed by atoms with Crippen LogP contribution in [0.1, 0.15) is 5.56 Å². The number of benzene rings is 1. The molecule has 1 aromatic carbocycles. The minimum Gasteiger partial charge on any atom is -0.338 e. The van der Waals surface area contributed by atoms with Crippen LogP contribution in [0.3, 0.4) is 0 Å². The molecule has 0 fully saturated rings. The third-order valence-corrected chi connectivity index (χ3v) is 6.04. The number of aromatic nitrogens is 1. The number of hydrogen-bond donors (Lipinski definition) is 0. The second kappa shape index (κ2) is 4.68. The van der Waals surface area contributed by atoms with E-state index in [4.69, 9.17) is 0 Å². The summed E-state index contributed by atoms with van der Waals surface area (Å²) in [6, 6.07) is 8.37. The molecule has 0 saturated carbocycles. The summed E-state index contributed by atoms with van der Waals surface area (Å²) in [5.41, 5.74) is 2.39. The summed E-state index contributed by atoms with van der Waals surface area (Å²) >= 11 is 11.2. The first-order valence-electron chi connectivity index (χ1n) is 5.16. The largest absolute Gasteiger partial charge is 0.338 e. The Bertz CT molecular complexity index is 558. The van der Waals surface area contributed by atoms with E-state index in [1.165, 1.54) is 16.5 Å². The molecular formula is C12H13Br3N2. The molecule has 0 aliphatic heterocycles. The van der Waals surface area contributed by atoms with Crippen LogP contribution < -0.4 is 0 Å². The Labute approximate surface area is 126 Å². The lowest BCUT2D eigenvalue weighted by Crippen LogP contribution is -2.29. The molecule has 2 aromatic rings. The number of halogens is 3. The fourth-order valence-electron chi connectivity index (χ4n) is 1.87. The van der Waals surface area contributed by atoms with E-state index in [1.54, 1.807) is 0 Å². The average molecular weight is 425 g/mol. The predicted octanol–water partition coefficient (Wildman–Crippen LogP) is 4.40. The van der Waals surface area contributed by atoms with E-state index in [0.29, 0.717) is 0 Å². The molecule has 0 saturated heterocycles. The average Bonchev–Trinajstić information content (AvgIpc) is 2.52. The van der Waals surface area contributed by atoms with Crippen LogP contribution in [-0.4, -0.2) is 23.6 Å². The highest BCUT2D eigenvalue weighted by Crippen LogP contribution is 2.47. The molecular weight excluding hydrogens is 412 g/mol. The van der Waals surface area contributed by atoms with Crippen LogP contribution in [0.4, 0.5) is 0 Å². The van der Waals surface area contributed by atoms with Gasteiger partial charge >= 0.3 is 0 Å². The summed E-state index contributed by atoms with van der Waals surface area (Å²) < 4.78 is 2.84. The Morgan fingerprint density at radius 1 is 1.18 bits per heavy atom. The SMILES string of the molecule is CN(C)C(Br)(Br)c1c(Br)n(C)c2ccccc12. The fourth-order valence-corrected chi connectivity index (χ4v) is 3.90. The van der Waals surface area contributed by atoms with Gasteiger partial charge in [-0.05, 0) is 68.0 Å². The Morgan fingerprint density at radius 3 is 2.35 bits per heavy atom. The third kappa shape index (κ3) is 2.11. The van der Waals surface area contributed by atoms with Crippen molar-refractivity contribution in [2.75, 3.05) is 14.1 Å². The first-order chi connectivity index (χ1) is 7.87. The molecule has 0 aliphatic carbocycles. The van der Waals surface area contributed by atoms with Crippen molar-refractivity contribution in [1.82, 2.24) is 9.47 Å². The summed E-state index contributed by atoms with van der Waals surface area (Å²) in [7, 11) is 6.11. The summed E-state index contributed by atoms with van der Waals surface area (Å²) in [5, 5.41) is 1.23. The van der Waals surface area contributed by atoms with Gasteiger partial charge in [-0.25, -0.2) is 0 Å². The summed E-state index contributed by atoms with van der Waals surface area (Å²) in [4.78, 5) is 2.08. The van der Waals surface area contributed by atoms with Crippen molar-refractivity contribution in [2.24, 2.45) is 7.05 Å². The van der Waals surface area contributed by atoms with Crippen molar-refractivity contribution in [3.63, 3.8) is 0 Å².